The number of ketones is 1. The van der Waals surface area contributed by atoms with Crippen LogP contribution in [0.3, 0.4) is 0 Å². The molecule has 0 unspecified atom stereocenters. The number of ether oxygens (including phenoxy) is 1. The molecule has 0 aliphatic rings. The first-order chi connectivity index (χ1) is 12.9. The Morgan fingerprint density at radius 2 is 1.93 bits per heavy atom. The van der Waals surface area contributed by atoms with Crippen LogP contribution in [0.1, 0.15) is 42.9 Å². The third kappa shape index (κ3) is 3.69. The molecule has 0 radical (unpaired) electrons. The second kappa shape index (κ2) is 7.61. The highest BCUT2D eigenvalue weighted by Gasteiger charge is 2.16. The molecule has 2 aromatic heterocycles. The normalized spacial score (nSPS) is 11.1. The number of carbonyl (C=O) groups excluding carboxylic acids is 1. The van der Waals surface area contributed by atoms with Crippen molar-refractivity contribution >= 4 is 16.9 Å². The van der Waals surface area contributed by atoms with Crippen LogP contribution >= 0.6 is 0 Å². The molecule has 1 N–H and O–H groups in total. The maximum absolute atomic E-state index is 12.2. The summed E-state index contributed by atoms with van der Waals surface area (Å²) in [6.45, 7) is 4.16. The van der Waals surface area contributed by atoms with Gasteiger partial charge in [0.2, 0.25) is 0 Å². The summed E-state index contributed by atoms with van der Waals surface area (Å²) in [6.07, 6.45) is 1.73. The molecule has 1 aromatic carbocycles. The van der Waals surface area contributed by atoms with Gasteiger partial charge in [0.15, 0.2) is 16.9 Å². The van der Waals surface area contributed by atoms with Crippen LogP contribution in [-0.4, -0.2) is 24.9 Å². The number of benzene rings is 1. The highest BCUT2D eigenvalue weighted by molar-refractivity contribution is 5.94. The van der Waals surface area contributed by atoms with Crippen LogP contribution in [0.2, 0.25) is 0 Å². The number of nitrogens with zero attached hydrogens (tertiary/aromatic N) is 3. The van der Waals surface area contributed by atoms with E-state index in [0.29, 0.717) is 34.8 Å². The number of hydrogen-bond acceptors (Lipinski definition) is 5. The number of H-pyrrole nitrogens is 1. The lowest BCUT2D eigenvalue weighted by atomic mass is 10.1. The van der Waals surface area contributed by atoms with Gasteiger partial charge in [-0.3, -0.25) is 19.1 Å². The Bertz CT molecular complexity index is 1090. The van der Waals surface area contributed by atoms with Crippen LogP contribution in [0.5, 0.6) is 5.75 Å². The zero-order valence-corrected chi connectivity index (χ0v) is 15.6. The smallest absolute Gasteiger partial charge is 0.330 e. The van der Waals surface area contributed by atoms with Gasteiger partial charge >= 0.3 is 5.69 Å². The Morgan fingerprint density at radius 3 is 2.56 bits per heavy atom. The maximum atomic E-state index is 12.2. The van der Waals surface area contributed by atoms with E-state index in [4.69, 9.17) is 4.74 Å². The fourth-order valence-electron chi connectivity index (χ4n) is 2.88. The molecule has 0 amide bonds. The number of aromatic amines is 1. The van der Waals surface area contributed by atoms with E-state index >= 15 is 0 Å². The number of carbonyl (C=O) groups is 1. The number of imidazole rings is 1. The van der Waals surface area contributed by atoms with Crippen molar-refractivity contribution < 1.29 is 9.53 Å². The minimum atomic E-state index is -0.463. The lowest BCUT2D eigenvalue weighted by Crippen LogP contribution is -2.31. The first kappa shape index (κ1) is 18.6. The molecule has 8 heteroatoms. The quantitative estimate of drug-likeness (QED) is 0.642. The van der Waals surface area contributed by atoms with Crippen LogP contribution in [0.4, 0.5) is 0 Å². The van der Waals surface area contributed by atoms with Gasteiger partial charge in [-0.15, -0.1) is 0 Å². The number of aromatic nitrogens is 4. The molecular weight excluding hydrogens is 348 g/mol. The fraction of sp³-hybridized carbons (Fsp3) is 0.368. The van der Waals surface area contributed by atoms with Gasteiger partial charge in [0.1, 0.15) is 18.2 Å². The third-order valence-electron chi connectivity index (χ3n) is 4.47. The van der Waals surface area contributed by atoms with Gasteiger partial charge in [-0.25, -0.2) is 9.78 Å². The number of nitrogens with one attached hydrogen (secondary N) is 1. The van der Waals surface area contributed by atoms with Gasteiger partial charge < -0.3 is 9.30 Å². The standard InChI is InChI=1S/C19H22N4O4/c1-4-5-10-23-17-16(18(25)21-19(23)26)22(3)15(20-17)11-27-14-8-6-13(7-9-14)12(2)24/h6-9H,4-5,10-11H2,1-3H3,(H,21,25,26). The topological polar surface area (TPSA) is 99.0 Å². The first-order valence-electron chi connectivity index (χ1n) is 8.84. The zero-order valence-electron chi connectivity index (χ0n) is 15.6. The molecular formula is C19H22N4O4. The van der Waals surface area contributed by atoms with E-state index in [1.54, 1.807) is 35.9 Å². The van der Waals surface area contributed by atoms with Gasteiger partial charge in [0, 0.05) is 19.2 Å². The van der Waals surface area contributed by atoms with Crippen molar-refractivity contribution in [1.82, 2.24) is 19.1 Å². The van der Waals surface area contributed by atoms with Crippen molar-refractivity contribution in [1.29, 1.82) is 0 Å². The molecule has 8 nitrogen and oxygen atoms in total. The average molecular weight is 370 g/mol. The molecule has 0 saturated carbocycles. The molecule has 2 heterocycles. The molecule has 0 aliphatic heterocycles. The molecule has 0 aliphatic carbocycles. The van der Waals surface area contributed by atoms with Crippen molar-refractivity contribution in [3.05, 3.63) is 56.5 Å². The lowest BCUT2D eigenvalue weighted by Gasteiger charge is -2.06. The van der Waals surface area contributed by atoms with Gasteiger partial charge in [-0.1, -0.05) is 13.3 Å². The Hall–Kier alpha value is -3.16. The molecule has 0 saturated heterocycles. The molecule has 3 aromatic rings. The highest BCUT2D eigenvalue weighted by Crippen LogP contribution is 2.16. The number of aryl methyl sites for hydroxylation is 2. The fourth-order valence-corrected chi connectivity index (χ4v) is 2.88. The summed E-state index contributed by atoms with van der Waals surface area (Å²) in [5, 5.41) is 0. The highest BCUT2D eigenvalue weighted by atomic mass is 16.5. The molecule has 27 heavy (non-hydrogen) atoms. The first-order valence-corrected chi connectivity index (χ1v) is 8.84. The van der Waals surface area contributed by atoms with Crippen LogP contribution in [0.25, 0.3) is 11.2 Å². The number of rotatable bonds is 7. The molecule has 0 atom stereocenters. The molecule has 0 spiro atoms. The van der Waals surface area contributed by atoms with E-state index in [2.05, 4.69) is 9.97 Å². The predicted molar refractivity (Wildman–Crippen MR) is 101 cm³/mol. The lowest BCUT2D eigenvalue weighted by molar-refractivity contribution is 0.101. The predicted octanol–water partition coefficient (Wildman–Crippen LogP) is 2.01. The maximum Gasteiger partial charge on any atom is 0.330 e. The minimum Gasteiger partial charge on any atom is -0.486 e. The van der Waals surface area contributed by atoms with E-state index < -0.39 is 11.2 Å². The van der Waals surface area contributed by atoms with E-state index in [-0.39, 0.29) is 12.4 Å². The van der Waals surface area contributed by atoms with E-state index in [0.717, 1.165) is 12.8 Å². The Labute approximate surface area is 155 Å². The Balaban J connectivity index is 1.92. The molecule has 0 bridgehead atoms. The van der Waals surface area contributed by atoms with E-state index in [1.807, 2.05) is 6.92 Å². The van der Waals surface area contributed by atoms with E-state index in [1.165, 1.54) is 11.5 Å². The van der Waals surface area contributed by atoms with Gasteiger partial charge in [0.05, 0.1) is 0 Å². The second-order valence-corrected chi connectivity index (χ2v) is 6.39. The summed E-state index contributed by atoms with van der Waals surface area (Å²) in [5.41, 5.74) is 0.402. The summed E-state index contributed by atoms with van der Waals surface area (Å²) >= 11 is 0. The summed E-state index contributed by atoms with van der Waals surface area (Å²) in [5.74, 6) is 1.10. The zero-order chi connectivity index (χ0) is 19.6. The molecule has 3 rings (SSSR count). The van der Waals surface area contributed by atoms with Crippen LogP contribution in [0, 0.1) is 0 Å². The summed E-state index contributed by atoms with van der Waals surface area (Å²) in [4.78, 5) is 42.5. The number of fused-ring (bicyclic) bond motifs is 1. The molecule has 0 fully saturated rings. The van der Waals surface area contributed by atoms with Gasteiger partial charge in [-0.05, 0) is 37.6 Å². The van der Waals surface area contributed by atoms with Gasteiger partial charge in [0.25, 0.3) is 5.56 Å². The SMILES string of the molecule is CCCCn1c(=O)[nH]c(=O)c2c1nc(COc1ccc(C(C)=O)cc1)n2C. The van der Waals surface area contributed by atoms with Crippen LogP contribution < -0.4 is 16.0 Å². The Morgan fingerprint density at radius 1 is 1.22 bits per heavy atom. The Kier molecular flexibility index (Phi) is 5.25. The summed E-state index contributed by atoms with van der Waals surface area (Å²) < 4.78 is 8.86. The third-order valence-corrected chi connectivity index (χ3v) is 4.47. The molecule has 142 valence electrons. The van der Waals surface area contributed by atoms with Crippen molar-refractivity contribution in [2.75, 3.05) is 0 Å². The average Bonchev–Trinajstić information content (AvgIpc) is 2.97. The summed E-state index contributed by atoms with van der Waals surface area (Å²) in [6, 6.07) is 6.81. The van der Waals surface area contributed by atoms with E-state index in [9.17, 15) is 14.4 Å². The second-order valence-electron chi connectivity index (χ2n) is 6.39. The van der Waals surface area contributed by atoms with Crippen molar-refractivity contribution in [2.45, 2.75) is 39.8 Å². The van der Waals surface area contributed by atoms with Crippen LogP contribution in [-0.2, 0) is 20.2 Å². The van der Waals surface area contributed by atoms with Crippen LogP contribution in [0.15, 0.2) is 33.9 Å². The number of unbranched alkanes of at least 4 members (excludes halogenated alkanes) is 1. The largest absolute Gasteiger partial charge is 0.486 e. The number of hydrogen-bond donors (Lipinski definition) is 1. The van der Waals surface area contributed by atoms with Gasteiger partial charge in [-0.2, -0.15) is 0 Å². The monoisotopic (exact) mass is 370 g/mol. The minimum absolute atomic E-state index is 0.0128. The van der Waals surface area contributed by atoms with Crippen molar-refractivity contribution in [2.24, 2.45) is 7.05 Å². The van der Waals surface area contributed by atoms with Crippen molar-refractivity contribution in [3.63, 3.8) is 0 Å². The summed E-state index contributed by atoms with van der Waals surface area (Å²) in [7, 11) is 1.72. The number of Topliss-reactive ketones (excluding diaryl/α,β-unsaturated/α-hetero) is 1. The van der Waals surface area contributed by atoms with Crippen molar-refractivity contribution in [3.8, 4) is 5.75 Å².